The Morgan fingerprint density at radius 2 is 1.81 bits per heavy atom. The zero-order valence-corrected chi connectivity index (χ0v) is 15.9. The van der Waals surface area contributed by atoms with Gasteiger partial charge in [-0.05, 0) is 17.7 Å². The molecule has 2 aromatic rings. The van der Waals surface area contributed by atoms with E-state index in [1.165, 1.54) is 10.6 Å². The van der Waals surface area contributed by atoms with E-state index < -0.39 is 10.0 Å². The first kappa shape index (κ1) is 19.0. The van der Waals surface area contributed by atoms with Gasteiger partial charge in [-0.3, -0.25) is 9.88 Å². The number of nitrogens with zero attached hydrogens (tertiary/aromatic N) is 3. The van der Waals surface area contributed by atoms with Gasteiger partial charge in [0.05, 0.1) is 18.6 Å². The Morgan fingerprint density at radius 3 is 2.38 bits per heavy atom. The summed E-state index contributed by atoms with van der Waals surface area (Å²) < 4.78 is 25.2. The van der Waals surface area contributed by atoms with Crippen LogP contribution in [0, 0.1) is 0 Å². The van der Waals surface area contributed by atoms with Crippen LogP contribution in [0.5, 0.6) is 0 Å². The summed E-state index contributed by atoms with van der Waals surface area (Å²) in [6, 6.07) is 15.7. The molecule has 1 aromatic carbocycles. The number of likely N-dealkylation sites (N-methyl/N-ethyl adjacent to an activating group) is 1. The zero-order chi connectivity index (χ0) is 18.7. The first-order valence-electron chi connectivity index (χ1n) is 8.64. The molecule has 3 rings (SSSR count). The predicted octanol–water partition coefficient (Wildman–Crippen LogP) is 1.30. The van der Waals surface area contributed by atoms with E-state index in [2.05, 4.69) is 9.88 Å². The van der Waals surface area contributed by atoms with Crippen molar-refractivity contribution in [2.45, 2.75) is 24.5 Å². The second-order valence-corrected chi connectivity index (χ2v) is 8.88. The van der Waals surface area contributed by atoms with Crippen LogP contribution in [0.3, 0.4) is 0 Å². The standard InChI is InChI=1S/C19H25N3O3S/c1-21(26(2,24)25)13-17-19(15-8-4-3-5-9-15)18(14-23)22(17)12-16-10-6-7-11-20-16/h3-11,17-19,23H,12-14H2,1-2H3/t17-,18+,19-/m0/s1. The van der Waals surface area contributed by atoms with E-state index in [1.54, 1.807) is 13.2 Å². The SMILES string of the molecule is CN(C[C@H]1[C@H](c2ccccc2)[C@@H](CO)N1Cc1ccccn1)S(C)(=O)=O. The molecule has 0 amide bonds. The molecule has 2 heterocycles. The summed E-state index contributed by atoms with van der Waals surface area (Å²) in [5.41, 5.74) is 2.03. The molecule has 0 unspecified atom stereocenters. The molecule has 0 saturated carbocycles. The number of aliphatic hydroxyl groups excluding tert-OH is 1. The second kappa shape index (κ2) is 7.84. The lowest BCUT2D eigenvalue weighted by Gasteiger charge is -2.55. The monoisotopic (exact) mass is 375 g/mol. The minimum Gasteiger partial charge on any atom is -0.395 e. The third-order valence-electron chi connectivity index (χ3n) is 5.13. The smallest absolute Gasteiger partial charge is 0.211 e. The average Bonchev–Trinajstić information content (AvgIpc) is 2.63. The van der Waals surface area contributed by atoms with Gasteiger partial charge in [0.25, 0.3) is 0 Å². The fourth-order valence-electron chi connectivity index (χ4n) is 3.68. The largest absolute Gasteiger partial charge is 0.395 e. The lowest BCUT2D eigenvalue weighted by atomic mass is 9.75. The van der Waals surface area contributed by atoms with Crippen molar-refractivity contribution in [3.05, 3.63) is 66.0 Å². The van der Waals surface area contributed by atoms with Gasteiger partial charge in [0, 0.05) is 44.3 Å². The van der Waals surface area contributed by atoms with Crippen molar-refractivity contribution in [1.29, 1.82) is 0 Å². The Hall–Kier alpha value is -1.80. The van der Waals surface area contributed by atoms with E-state index in [0.29, 0.717) is 13.1 Å². The number of sulfonamides is 1. The topological polar surface area (TPSA) is 73.7 Å². The van der Waals surface area contributed by atoms with Gasteiger partial charge in [0.2, 0.25) is 10.0 Å². The van der Waals surface area contributed by atoms with Crippen molar-refractivity contribution >= 4 is 10.0 Å². The van der Waals surface area contributed by atoms with Gasteiger partial charge < -0.3 is 5.11 Å². The molecule has 6 nitrogen and oxygen atoms in total. The van der Waals surface area contributed by atoms with Crippen LogP contribution in [0.1, 0.15) is 17.2 Å². The van der Waals surface area contributed by atoms with Crippen molar-refractivity contribution in [1.82, 2.24) is 14.2 Å². The molecule has 1 N–H and O–H groups in total. The molecule has 7 heteroatoms. The maximum Gasteiger partial charge on any atom is 0.211 e. The first-order valence-corrected chi connectivity index (χ1v) is 10.5. The number of hydrogen-bond donors (Lipinski definition) is 1. The van der Waals surface area contributed by atoms with Crippen LogP contribution in [0.15, 0.2) is 54.7 Å². The molecule has 0 radical (unpaired) electrons. The van der Waals surface area contributed by atoms with E-state index in [9.17, 15) is 13.5 Å². The summed E-state index contributed by atoms with van der Waals surface area (Å²) in [4.78, 5) is 6.53. The summed E-state index contributed by atoms with van der Waals surface area (Å²) in [6.07, 6.45) is 2.96. The number of aromatic nitrogens is 1. The molecule has 140 valence electrons. The second-order valence-electron chi connectivity index (χ2n) is 6.79. The molecule has 3 atom stereocenters. The Kier molecular flexibility index (Phi) is 5.72. The molecule has 1 aromatic heterocycles. The fraction of sp³-hybridized carbons (Fsp3) is 0.421. The van der Waals surface area contributed by atoms with E-state index in [4.69, 9.17) is 0 Å². The maximum atomic E-state index is 11.9. The van der Waals surface area contributed by atoms with Crippen LogP contribution in [0.25, 0.3) is 0 Å². The number of aliphatic hydroxyl groups is 1. The summed E-state index contributed by atoms with van der Waals surface area (Å²) in [5, 5.41) is 9.98. The Bertz CT molecular complexity index is 814. The highest BCUT2D eigenvalue weighted by Gasteiger charge is 2.49. The van der Waals surface area contributed by atoms with Gasteiger partial charge in [0.1, 0.15) is 0 Å². The molecule has 1 aliphatic rings. The Labute approximate surface area is 155 Å². The normalized spacial score (nSPS) is 23.8. The molecule has 0 aliphatic carbocycles. The minimum atomic E-state index is -3.27. The van der Waals surface area contributed by atoms with Gasteiger partial charge in [-0.25, -0.2) is 12.7 Å². The molecule has 1 aliphatic heterocycles. The molecular formula is C19H25N3O3S. The predicted molar refractivity (Wildman–Crippen MR) is 101 cm³/mol. The van der Waals surface area contributed by atoms with Gasteiger partial charge >= 0.3 is 0 Å². The zero-order valence-electron chi connectivity index (χ0n) is 15.1. The van der Waals surface area contributed by atoms with Crippen LogP contribution in [-0.2, 0) is 16.6 Å². The molecule has 1 saturated heterocycles. The van der Waals surface area contributed by atoms with Crippen LogP contribution in [-0.4, -0.2) is 66.3 Å². The quantitative estimate of drug-likeness (QED) is 0.790. The maximum absolute atomic E-state index is 11.9. The third kappa shape index (κ3) is 3.96. The number of benzene rings is 1. The lowest BCUT2D eigenvalue weighted by molar-refractivity contribution is -0.0552. The number of hydrogen-bond acceptors (Lipinski definition) is 5. The van der Waals surface area contributed by atoms with Gasteiger partial charge in [0.15, 0.2) is 0 Å². The summed E-state index contributed by atoms with van der Waals surface area (Å²) >= 11 is 0. The van der Waals surface area contributed by atoms with Crippen LogP contribution in [0.4, 0.5) is 0 Å². The average molecular weight is 375 g/mol. The van der Waals surface area contributed by atoms with Gasteiger partial charge in [-0.15, -0.1) is 0 Å². The highest BCUT2D eigenvalue weighted by atomic mass is 32.2. The fourth-order valence-corrected chi connectivity index (χ4v) is 4.11. The van der Waals surface area contributed by atoms with E-state index in [1.807, 2.05) is 48.5 Å². The number of rotatable bonds is 7. The highest BCUT2D eigenvalue weighted by Crippen LogP contribution is 2.41. The van der Waals surface area contributed by atoms with Crippen molar-refractivity contribution < 1.29 is 13.5 Å². The first-order chi connectivity index (χ1) is 12.4. The van der Waals surface area contributed by atoms with Crippen molar-refractivity contribution in [2.24, 2.45) is 0 Å². The van der Waals surface area contributed by atoms with Crippen molar-refractivity contribution in [3.63, 3.8) is 0 Å². The summed E-state index contributed by atoms with van der Waals surface area (Å²) in [7, 11) is -1.67. The summed E-state index contributed by atoms with van der Waals surface area (Å²) in [5.74, 6) is 0.0779. The lowest BCUT2D eigenvalue weighted by Crippen LogP contribution is -2.66. The van der Waals surface area contributed by atoms with E-state index >= 15 is 0 Å². The molecular weight excluding hydrogens is 350 g/mol. The number of pyridine rings is 1. The highest BCUT2D eigenvalue weighted by molar-refractivity contribution is 7.88. The molecule has 1 fully saturated rings. The third-order valence-corrected chi connectivity index (χ3v) is 6.41. The van der Waals surface area contributed by atoms with E-state index in [-0.39, 0.29) is 24.6 Å². The van der Waals surface area contributed by atoms with Crippen molar-refractivity contribution in [3.8, 4) is 0 Å². The van der Waals surface area contributed by atoms with Crippen LogP contribution in [0.2, 0.25) is 0 Å². The Morgan fingerprint density at radius 1 is 1.12 bits per heavy atom. The van der Waals surface area contributed by atoms with Gasteiger partial charge in [-0.1, -0.05) is 36.4 Å². The van der Waals surface area contributed by atoms with Crippen LogP contribution >= 0.6 is 0 Å². The molecule has 26 heavy (non-hydrogen) atoms. The molecule has 0 spiro atoms. The Balaban J connectivity index is 1.88. The molecule has 0 bridgehead atoms. The van der Waals surface area contributed by atoms with Gasteiger partial charge in [-0.2, -0.15) is 0 Å². The van der Waals surface area contributed by atoms with Crippen molar-refractivity contribution in [2.75, 3.05) is 26.5 Å². The van der Waals surface area contributed by atoms with Crippen LogP contribution < -0.4 is 0 Å². The van der Waals surface area contributed by atoms with E-state index in [0.717, 1.165) is 11.3 Å². The number of likely N-dealkylation sites (tertiary alicyclic amines) is 1. The minimum absolute atomic E-state index is 0.0173. The summed E-state index contributed by atoms with van der Waals surface area (Å²) in [6.45, 7) is 0.977.